The van der Waals surface area contributed by atoms with Crippen LogP contribution in [0.5, 0.6) is 0 Å². The van der Waals surface area contributed by atoms with E-state index in [0.29, 0.717) is 11.1 Å². The van der Waals surface area contributed by atoms with Gasteiger partial charge in [-0.25, -0.2) is 9.37 Å². The lowest BCUT2D eigenvalue weighted by Crippen LogP contribution is -2.29. The van der Waals surface area contributed by atoms with E-state index in [2.05, 4.69) is 73.6 Å². The summed E-state index contributed by atoms with van der Waals surface area (Å²) in [5, 5.41) is 12.0. The van der Waals surface area contributed by atoms with Crippen LogP contribution in [0.15, 0.2) is 59.0 Å². The predicted octanol–water partition coefficient (Wildman–Crippen LogP) is 7.14. The van der Waals surface area contributed by atoms with Gasteiger partial charge in [-0.05, 0) is 64.4 Å². The number of benzene rings is 3. The first kappa shape index (κ1) is 28.6. The van der Waals surface area contributed by atoms with Gasteiger partial charge in [-0.1, -0.05) is 32.5 Å². The summed E-state index contributed by atoms with van der Waals surface area (Å²) in [4.78, 5) is 14.5. The summed E-state index contributed by atoms with van der Waals surface area (Å²) in [7, 11) is 0. The number of carboxylic acids is 1. The van der Waals surface area contributed by atoms with Crippen molar-refractivity contribution in [1.82, 2.24) is 4.58 Å². The van der Waals surface area contributed by atoms with Crippen LogP contribution in [0.2, 0.25) is 0 Å². The Morgan fingerprint density at radius 1 is 0.889 bits per heavy atom. The Bertz CT molecular complexity index is 1390. The van der Waals surface area contributed by atoms with E-state index < -0.39 is 5.97 Å². The first-order valence-corrected chi connectivity index (χ1v) is 12.1. The molecule has 1 aliphatic carbocycles. The molecule has 1 heterocycles. The highest BCUT2D eigenvalue weighted by Gasteiger charge is 2.22. The molecule has 0 fully saturated rings. The van der Waals surface area contributed by atoms with E-state index >= 15 is 0 Å². The van der Waals surface area contributed by atoms with Gasteiger partial charge in [0.1, 0.15) is 24.4 Å². The van der Waals surface area contributed by atoms with Crippen LogP contribution < -0.4 is 14.8 Å². The topological polar surface area (TPSA) is 56.7 Å². The number of nitrogens with zero attached hydrogens (tertiary/aromatic N) is 2. The molecule has 0 radical (unpaired) electrons. The van der Waals surface area contributed by atoms with Crippen LogP contribution in [0.4, 0.5) is 5.69 Å². The zero-order valence-corrected chi connectivity index (χ0v) is 20.7. The zero-order valence-electron chi connectivity index (χ0n) is 20.7. The smallest absolute Gasteiger partial charge is 0.336 e. The van der Waals surface area contributed by atoms with Crippen molar-refractivity contribution in [3.63, 3.8) is 0 Å². The molecule has 0 amide bonds. The second kappa shape index (κ2) is 11.9. The number of carbonyl (C=O) groups is 1. The van der Waals surface area contributed by atoms with E-state index in [-0.39, 0.29) is 14.9 Å². The Kier molecular flexibility index (Phi) is 9.46. The molecule has 2 aromatic carbocycles. The molecule has 5 nitrogen and oxygen atoms in total. The van der Waals surface area contributed by atoms with Gasteiger partial charge in [0.2, 0.25) is 5.36 Å². The Morgan fingerprint density at radius 2 is 1.56 bits per heavy atom. The lowest BCUT2D eigenvalue weighted by Gasteiger charge is -2.22. The summed E-state index contributed by atoms with van der Waals surface area (Å²) < 4.78 is 8.77. The Morgan fingerprint density at radius 3 is 2.17 bits per heavy atom. The van der Waals surface area contributed by atoms with E-state index in [1.165, 1.54) is 0 Å². The van der Waals surface area contributed by atoms with Gasteiger partial charge in [-0.15, -0.1) is 0 Å². The van der Waals surface area contributed by atoms with Gasteiger partial charge in [0.15, 0.2) is 0 Å². The number of rotatable bonds is 7. The minimum absolute atomic E-state index is 0. The summed E-state index contributed by atoms with van der Waals surface area (Å²) in [6, 6.07) is 18.1. The molecular formula is C31H41N2O3+. The summed E-state index contributed by atoms with van der Waals surface area (Å²) in [5.74, 6) is -0.180. The van der Waals surface area contributed by atoms with Crippen LogP contribution >= 0.6 is 0 Å². The number of hydrogen-bond acceptors (Lipinski definition) is 3. The molecule has 0 saturated heterocycles. The van der Waals surface area contributed by atoms with E-state index in [4.69, 9.17) is 4.42 Å². The van der Waals surface area contributed by atoms with Crippen molar-refractivity contribution in [1.29, 1.82) is 0 Å². The predicted molar refractivity (Wildman–Crippen MR) is 153 cm³/mol. The minimum atomic E-state index is -0.930. The first-order chi connectivity index (χ1) is 16.4. The summed E-state index contributed by atoms with van der Waals surface area (Å²) in [5.41, 5.74) is 5.57. The maximum Gasteiger partial charge on any atom is 0.336 e. The molecule has 36 heavy (non-hydrogen) atoms. The Balaban J connectivity index is 0.00000228. The molecule has 192 valence electrons. The lowest BCUT2D eigenvalue weighted by molar-refractivity contribution is 0.0697. The Hall–Kier alpha value is -3.60. The molecule has 1 N–H and O–H groups in total. The number of aromatic carboxylic acids is 1. The van der Waals surface area contributed by atoms with Gasteiger partial charge in [-0.3, -0.25) is 0 Å². The largest absolute Gasteiger partial charge is 0.478 e. The molecule has 5 heteroatoms. The van der Waals surface area contributed by atoms with Crippen LogP contribution in [0, 0.1) is 6.92 Å². The molecule has 2 aliphatic rings. The maximum atomic E-state index is 12.2. The highest BCUT2D eigenvalue weighted by molar-refractivity contribution is 6.07. The number of aryl methyl sites for hydroxylation is 1. The first-order valence-electron chi connectivity index (χ1n) is 12.1. The molecule has 2 aromatic rings. The molecular weight excluding hydrogens is 448 g/mol. The van der Waals surface area contributed by atoms with Crippen molar-refractivity contribution >= 4 is 22.6 Å². The molecule has 0 unspecified atom stereocenters. The van der Waals surface area contributed by atoms with Gasteiger partial charge in [0.25, 0.3) is 0 Å². The second-order valence-electron chi connectivity index (χ2n) is 8.54. The molecule has 4 rings (SSSR count). The van der Waals surface area contributed by atoms with Crippen LogP contribution in [-0.2, 0) is 0 Å². The Labute approximate surface area is 215 Å². The maximum absolute atomic E-state index is 12.2. The van der Waals surface area contributed by atoms with E-state index in [1.807, 2.05) is 19.1 Å². The quantitative estimate of drug-likeness (QED) is 0.221. The van der Waals surface area contributed by atoms with E-state index in [1.54, 1.807) is 6.07 Å². The number of hydrogen-bond donors (Lipinski definition) is 1. The van der Waals surface area contributed by atoms with Gasteiger partial charge < -0.3 is 14.4 Å². The summed E-state index contributed by atoms with van der Waals surface area (Å²) in [6.45, 7) is 14.1. The average molecular weight is 490 g/mol. The van der Waals surface area contributed by atoms with Crippen LogP contribution in [0.1, 0.15) is 58.5 Å². The fourth-order valence-electron chi connectivity index (χ4n) is 4.78. The normalized spacial score (nSPS) is 10.6. The number of carboxylic acid groups (broad SMARTS) is 1. The zero-order chi connectivity index (χ0) is 24.4. The van der Waals surface area contributed by atoms with Gasteiger partial charge in [0, 0.05) is 47.4 Å². The molecule has 0 spiro atoms. The monoisotopic (exact) mass is 489 g/mol. The highest BCUT2D eigenvalue weighted by Crippen LogP contribution is 2.42. The van der Waals surface area contributed by atoms with Crippen LogP contribution in [0.3, 0.4) is 0 Å². The van der Waals surface area contributed by atoms with Crippen molar-refractivity contribution < 1.29 is 14.3 Å². The molecule has 0 saturated carbocycles. The van der Waals surface area contributed by atoms with Crippen LogP contribution in [-0.4, -0.2) is 37.3 Å². The number of fused-ring (bicyclic) bond motifs is 2. The van der Waals surface area contributed by atoms with Gasteiger partial charge >= 0.3 is 5.97 Å². The fourth-order valence-corrected chi connectivity index (χ4v) is 4.78. The van der Waals surface area contributed by atoms with Crippen molar-refractivity contribution in [2.45, 2.75) is 49.5 Å². The van der Waals surface area contributed by atoms with Crippen molar-refractivity contribution in [2.24, 2.45) is 0 Å². The molecule has 0 bridgehead atoms. The SMILES string of the molecule is C.C.CCN(CC)c1ccc2c(-c3ccc(C)cc3C(=O)O)c3ccc(=[N+](CC)CC)cc-3oc2c1. The molecule has 1 aliphatic heterocycles. The van der Waals surface area contributed by atoms with Gasteiger partial charge in [0.05, 0.1) is 11.6 Å². The standard InChI is InChI=1S/C29H32N2O3.2CH4/c1-6-30(7-2)20-11-14-23-26(17-20)34-27-18-21(31(8-3)9-4)12-15-24(27)28(23)22-13-10-19(5)16-25(22)29(32)33;;/h10-18H,6-9H2,1-5H3;2*1H4/p+1. The van der Waals surface area contributed by atoms with Crippen molar-refractivity contribution in [3.8, 4) is 22.5 Å². The van der Waals surface area contributed by atoms with Crippen molar-refractivity contribution in [2.75, 3.05) is 31.1 Å². The summed E-state index contributed by atoms with van der Waals surface area (Å²) in [6.07, 6.45) is 0. The second-order valence-corrected chi connectivity index (χ2v) is 8.54. The van der Waals surface area contributed by atoms with Crippen LogP contribution in [0.25, 0.3) is 33.4 Å². The fraction of sp³-hybridized carbons (Fsp3) is 0.355. The molecule has 0 aromatic heterocycles. The number of anilines is 1. The van der Waals surface area contributed by atoms with E-state index in [9.17, 15) is 9.90 Å². The highest BCUT2D eigenvalue weighted by atomic mass is 16.4. The van der Waals surface area contributed by atoms with Gasteiger partial charge in [-0.2, -0.15) is 0 Å². The third kappa shape index (κ3) is 5.15. The average Bonchev–Trinajstić information content (AvgIpc) is 2.84. The molecule has 0 atom stereocenters. The lowest BCUT2D eigenvalue weighted by atomic mass is 9.90. The summed E-state index contributed by atoms with van der Waals surface area (Å²) >= 11 is 0. The van der Waals surface area contributed by atoms with E-state index in [0.717, 1.165) is 70.6 Å². The van der Waals surface area contributed by atoms with Crippen molar-refractivity contribution in [3.05, 3.63) is 71.1 Å². The minimum Gasteiger partial charge on any atom is -0.478 e. The third-order valence-corrected chi connectivity index (χ3v) is 6.62. The third-order valence-electron chi connectivity index (χ3n) is 6.62.